The molecule has 8 nitrogen and oxygen atoms in total. The third-order valence-corrected chi connectivity index (χ3v) is 6.38. The number of aromatic amines is 1. The van der Waals surface area contributed by atoms with Crippen molar-refractivity contribution in [2.24, 2.45) is 0 Å². The van der Waals surface area contributed by atoms with Crippen molar-refractivity contribution in [2.45, 2.75) is 18.0 Å². The second-order valence-corrected chi connectivity index (χ2v) is 8.75. The molecule has 5 rings (SSSR count). The van der Waals surface area contributed by atoms with Gasteiger partial charge in [0.2, 0.25) is 5.91 Å². The number of imidazole rings is 1. The predicted octanol–water partition coefficient (Wildman–Crippen LogP) is 4.67. The van der Waals surface area contributed by atoms with E-state index in [1.54, 1.807) is 7.11 Å². The number of para-hydroxylation sites is 5. The second kappa shape index (κ2) is 10.4. The van der Waals surface area contributed by atoms with Crippen LogP contribution < -0.4 is 10.1 Å². The number of ether oxygens (including phenoxy) is 1. The van der Waals surface area contributed by atoms with Crippen LogP contribution in [0.15, 0.2) is 84.0 Å². The molecule has 0 fully saturated rings. The summed E-state index contributed by atoms with van der Waals surface area (Å²) in [7, 11) is 1.58. The molecule has 1 amide bonds. The van der Waals surface area contributed by atoms with E-state index in [9.17, 15) is 4.79 Å². The number of fused-ring (bicyclic) bond motifs is 1. The monoisotopic (exact) mass is 484 g/mol. The minimum absolute atomic E-state index is 0.147. The van der Waals surface area contributed by atoms with Crippen molar-refractivity contribution in [1.82, 2.24) is 24.7 Å². The number of carbonyl (C=O) groups excluding carboxylic acids is 1. The van der Waals surface area contributed by atoms with Crippen molar-refractivity contribution in [3.8, 4) is 11.4 Å². The standard InChI is InChI=1S/C26H24N6O2S/c1-34-22-14-8-7-13-21(22)29-25(33)17-35-26-31-30-24(32(26)18-9-3-2-4-10-18)16-15-23-27-19-11-5-6-12-20(19)28-23/h2-14H,15-17H2,1H3,(H,27,28)(H,29,33). The molecule has 0 spiro atoms. The molecule has 2 aromatic heterocycles. The zero-order chi connectivity index (χ0) is 24.0. The van der Waals surface area contributed by atoms with Gasteiger partial charge in [-0.2, -0.15) is 0 Å². The Balaban J connectivity index is 1.32. The number of thioether (sulfide) groups is 1. The Morgan fingerprint density at radius 2 is 1.74 bits per heavy atom. The van der Waals surface area contributed by atoms with Crippen LogP contribution in [-0.4, -0.2) is 43.5 Å². The summed E-state index contributed by atoms with van der Waals surface area (Å²) in [5.74, 6) is 2.37. The molecular formula is C26H24N6O2S. The molecule has 0 bridgehead atoms. The predicted molar refractivity (Wildman–Crippen MR) is 137 cm³/mol. The number of amides is 1. The normalized spacial score (nSPS) is 11.0. The average Bonchev–Trinajstić information content (AvgIpc) is 3.50. The van der Waals surface area contributed by atoms with Gasteiger partial charge in [-0.05, 0) is 36.4 Å². The summed E-state index contributed by atoms with van der Waals surface area (Å²) in [5.41, 5.74) is 3.55. The second-order valence-electron chi connectivity index (χ2n) is 7.81. The van der Waals surface area contributed by atoms with Crippen molar-refractivity contribution < 1.29 is 9.53 Å². The van der Waals surface area contributed by atoms with Gasteiger partial charge in [0.15, 0.2) is 5.16 Å². The highest BCUT2D eigenvalue weighted by Gasteiger charge is 2.17. The maximum absolute atomic E-state index is 12.6. The zero-order valence-electron chi connectivity index (χ0n) is 19.1. The number of nitrogens with zero attached hydrogens (tertiary/aromatic N) is 4. The maximum Gasteiger partial charge on any atom is 0.234 e. The third kappa shape index (κ3) is 5.20. The Labute approximate surface area is 206 Å². The van der Waals surface area contributed by atoms with Crippen molar-refractivity contribution in [1.29, 1.82) is 0 Å². The number of H-pyrrole nitrogens is 1. The van der Waals surface area contributed by atoms with Crippen LogP contribution >= 0.6 is 11.8 Å². The fourth-order valence-electron chi connectivity index (χ4n) is 3.81. The molecule has 0 unspecified atom stereocenters. The van der Waals surface area contributed by atoms with E-state index in [2.05, 4.69) is 25.5 Å². The van der Waals surface area contributed by atoms with Crippen molar-refractivity contribution in [2.75, 3.05) is 18.2 Å². The number of hydrogen-bond acceptors (Lipinski definition) is 6. The van der Waals surface area contributed by atoms with Gasteiger partial charge < -0.3 is 15.0 Å². The minimum Gasteiger partial charge on any atom is -0.495 e. The molecule has 2 heterocycles. The van der Waals surface area contributed by atoms with E-state index in [-0.39, 0.29) is 11.7 Å². The zero-order valence-corrected chi connectivity index (χ0v) is 20.0. The first-order chi connectivity index (χ1) is 17.2. The average molecular weight is 485 g/mol. The minimum atomic E-state index is -0.147. The van der Waals surface area contributed by atoms with Crippen LogP contribution in [0, 0.1) is 0 Å². The highest BCUT2D eigenvalue weighted by atomic mass is 32.2. The molecule has 3 aromatic carbocycles. The van der Waals surface area contributed by atoms with E-state index in [4.69, 9.17) is 4.74 Å². The summed E-state index contributed by atoms with van der Waals surface area (Å²) >= 11 is 1.34. The van der Waals surface area contributed by atoms with Crippen LogP contribution in [-0.2, 0) is 17.6 Å². The van der Waals surface area contributed by atoms with Crippen LogP contribution in [0.4, 0.5) is 5.69 Å². The Kier molecular flexibility index (Phi) is 6.76. The van der Waals surface area contributed by atoms with Gasteiger partial charge in [-0.25, -0.2) is 4.98 Å². The molecule has 0 saturated carbocycles. The molecule has 0 atom stereocenters. The number of aryl methyl sites for hydroxylation is 2. The number of hydrogen-bond donors (Lipinski definition) is 2. The van der Waals surface area contributed by atoms with Gasteiger partial charge >= 0.3 is 0 Å². The van der Waals surface area contributed by atoms with Crippen LogP contribution in [0.1, 0.15) is 11.6 Å². The Bertz CT molecular complexity index is 1410. The number of aromatic nitrogens is 5. The first-order valence-electron chi connectivity index (χ1n) is 11.2. The number of anilines is 1. The molecule has 9 heteroatoms. The SMILES string of the molecule is COc1ccccc1NC(=O)CSc1nnc(CCc2nc3ccccc3[nH]2)n1-c1ccccc1. The number of methoxy groups -OCH3 is 1. The molecule has 0 aliphatic carbocycles. The summed E-state index contributed by atoms with van der Waals surface area (Å²) in [6, 6.07) is 25.2. The van der Waals surface area contributed by atoms with E-state index >= 15 is 0 Å². The van der Waals surface area contributed by atoms with Crippen LogP contribution in [0.5, 0.6) is 5.75 Å². The molecule has 0 radical (unpaired) electrons. The largest absolute Gasteiger partial charge is 0.495 e. The van der Waals surface area contributed by atoms with Crippen LogP contribution in [0.2, 0.25) is 0 Å². The lowest BCUT2D eigenvalue weighted by molar-refractivity contribution is -0.113. The summed E-state index contributed by atoms with van der Waals surface area (Å²) in [6.07, 6.45) is 1.34. The maximum atomic E-state index is 12.6. The van der Waals surface area contributed by atoms with Gasteiger partial charge in [-0.15, -0.1) is 10.2 Å². The lowest BCUT2D eigenvalue weighted by atomic mass is 10.2. The van der Waals surface area contributed by atoms with Crippen molar-refractivity contribution in [3.63, 3.8) is 0 Å². The summed E-state index contributed by atoms with van der Waals surface area (Å²) in [6.45, 7) is 0. The topological polar surface area (TPSA) is 97.7 Å². The van der Waals surface area contributed by atoms with Gasteiger partial charge in [0.1, 0.15) is 17.4 Å². The van der Waals surface area contributed by atoms with E-state index in [0.717, 1.165) is 28.4 Å². The smallest absolute Gasteiger partial charge is 0.234 e. The van der Waals surface area contributed by atoms with E-state index in [1.165, 1.54) is 11.8 Å². The number of carbonyl (C=O) groups is 1. The highest BCUT2D eigenvalue weighted by molar-refractivity contribution is 7.99. The third-order valence-electron chi connectivity index (χ3n) is 5.45. The van der Waals surface area contributed by atoms with Crippen molar-refractivity contribution >= 4 is 34.4 Å². The van der Waals surface area contributed by atoms with Gasteiger partial charge in [0, 0.05) is 18.5 Å². The quantitative estimate of drug-likeness (QED) is 0.295. The number of benzene rings is 3. The van der Waals surface area contributed by atoms with Gasteiger partial charge in [-0.3, -0.25) is 9.36 Å². The Morgan fingerprint density at radius 1 is 0.971 bits per heavy atom. The Hall–Kier alpha value is -4.11. The van der Waals surface area contributed by atoms with Gasteiger partial charge in [0.05, 0.1) is 29.6 Å². The van der Waals surface area contributed by atoms with E-state index in [1.807, 2.05) is 83.4 Å². The molecule has 176 valence electrons. The molecule has 5 aromatic rings. The molecule has 35 heavy (non-hydrogen) atoms. The van der Waals surface area contributed by atoms with E-state index < -0.39 is 0 Å². The molecule has 0 aliphatic rings. The highest BCUT2D eigenvalue weighted by Crippen LogP contribution is 2.26. The first-order valence-corrected chi connectivity index (χ1v) is 12.2. The number of rotatable bonds is 9. The summed E-state index contributed by atoms with van der Waals surface area (Å²) < 4.78 is 7.32. The van der Waals surface area contributed by atoms with Crippen LogP contribution in [0.3, 0.4) is 0 Å². The Morgan fingerprint density at radius 3 is 2.57 bits per heavy atom. The fourth-order valence-corrected chi connectivity index (χ4v) is 4.58. The van der Waals surface area contributed by atoms with Crippen molar-refractivity contribution in [3.05, 3.63) is 90.5 Å². The lowest BCUT2D eigenvalue weighted by Crippen LogP contribution is -2.15. The molecule has 0 saturated heterocycles. The first kappa shape index (κ1) is 22.7. The van der Waals surface area contributed by atoms with E-state index in [0.29, 0.717) is 29.4 Å². The summed E-state index contributed by atoms with van der Waals surface area (Å²) in [4.78, 5) is 20.7. The molecule has 2 N–H and O–H groups in total. The van der Waals surface area contributed by atoms with Crippen LogP contribution in [0.25, 0.3) is 16.7 Å². The fraction of sp³-hybridized carbons (Fsp3) is 0.154. The number of nitrogens with one attached hydrogen (secondary N) is 2. The summed E-state index contributed by atoms with van der Waals surface area (Å²) in [5, 5.41) is 12.4. The molecular weight excluding hydrogens is 460 g/mol. The lowest BCUT2D eigenvalue weighted by Gasteiger charge is -2.11. The molecule has 0 aliphatic heterocycles. The van der Waals surface area contributed by atoms with Gasteiger partial charge in [0.25, 0.3) is 0 Å². The van der Waals surface area contributed by atoms with Gasteiger partial charge in [-0.1, -0.05) is 54.2 Å².